The van der Waals surface area contributed by atoms with Gasteiger partial charge in [-0.25, -0.2) is 0 Å². The van der Waals surface area contributed by atoms with Gasteiger partial charge in [0, 0.05) is 34.3 Å². The molecule has 1 aromatic rings. The third kappa shape index (κ3) is 5.98. The highest BCUT2D eigenvalue weighted by atomic mass is 15.2. The number of hydrogen-bond acceptors (Lipinski definition) is 2. The van der Waals surface area contributed by atoms with Crippen LogP contribution in [0.5, 0.6) is 0 Å². The van der Waals surface area contributed by atoms with Crippen LogP contribution < -0.4 is 4.90 Å². The van der Waals surface area contributed by atoms with Crippen LogP contribution in [0.2, 0.25) is 0 Å². The van der Waals surface area contributed by atoms with Crippen LogP contribution in [0.1, 0.15) is 91.0 Å². The number of anilines is 1. The summed E-state index contributed by atoms with van der Waals surface area (Å²) in [4.78, 5) is 5.46. The van der Waals surface area contributed by atoms with Crippen molar-refractivity contribution < 1.29 is 0 Å². The minimum atomic E-state index is 0.0568. The number of fused-ring (bicyclic) bond motifs is 4. The van der Waals surface area contributed by atoms with Crippen LogP contribution >= 0.6 is 0 Å². The Labute approximate surface area is 330 Å². The molecule has 0 fully saturated rings. The van der Waals surface area contributed by atoms with Crippen molar-refractivity contribution in [3.05, 3.63) is 178 Å². The van der Waals surface area contributed by atoms with Gasteiger partial charge in [-0.2, -0.15) is 0 Å². The normalized spacial score (nSPS) is 32.7. The molecule has 1 aromatic carbocycles. The molecule has 7 unspecified atom stereocenters. The SMILES string of the molecule is CC1C=CC2=C(C1)C(C)(C)C1=CC(N(C3=CCC(C4=CC=CCC4)C=C3)c3ccc(C4=CC5=C(CC4C)N(C4C=CC=CC4)C4C=CCCC54)cc3)CC=C12. The van der Waals surface area contributed by atoms with E-state index in [0.29, 0.717) is 35.8 Å². The van der Waals surface area contributed by atoms with Gasteiger partial charge >= 0.3 is 0 Å². The van der Waals surface area contributed by atoms with E-state index in [9.17, 15) is 0 Å². The molecule has 0 bridgehead atoms. The van der Waals surface area contributed by atoms with Crippen LogP contribution in [0.4, 0.5) is 5.69 Å². The molecule has 8 aliphatic carbocycles. The van der Waals surface area contributed by atoms with E-state index in [2.05, 4.69) is 165 Å². The highest BCUT2D eigenvalue weighted by Crippen LogP contribution is 2.56. The molecule has 0 aromatic heterocycles. The highest BCUT2D eigenvalue weighted by Gasteiger charge is 2.45. The molecule has 2 heteroatoms. The first kappa shape index (κ1) is 34.9. The Kier molecular flexibility index (Phi) is 8.80. The lowest BCUT2D eigenvalue weighted by Gasteiger charge is -2.38. The van der Waals surface area contributed by atoms with Crippen molar-refractivity contribution in [2.24, 2.45) is 29.1 Å². The van der Waals surface area contributed by atoms with Crippen LogP contribution in [0.15, 0.2) is 172 Å². The Balaban J connectivity index is 0.984. The largest absolute Gasteiger partial charge is 0.361 e. The fourth-order valence-electron chi connectivity index (χ4n) is 11.6. The minimum Gasteiger partial charge on any atom is -0.361 e. The fraction of sp³-hybridized carbons (Fsp3) is 0.396. The van der Waals surface area contributed by atoms with E-state index in [4.69, 9.17) is 0 Å². The second-order valence-corrected chi connectivity index (χ2v) is 18.2. The second kappa shape index (κ2) is 13.9. The molecule has 1 heterocycles. The maximum atomic E-state index is 2.80. The van der Waals surface area contributed by atoms with Crippen LogP contribution in [0.25, 0.3) is 5.57 Å². The van der Waals surface area contributed by atoms with E-state index in [1.807, 2.05) is 0 Å². The predicted octanol–water partition coefficient (Wildman–Crippen LogP) is 13.0. The smallest absolute Gasteiger partial charge is 0.0563 e. The lowest BCUT2D eigenvalue weighted by atomic mass is 9.75. The third-order valence-electron chi connectivity index (χ3n) is 14.5. The van der Waals surface area contributed by atoms with Gasteiger partial charge in [0.25, 0.3) is 0 Å². The van der Waals surface area contributed by atoms with Crippen molar-refractivity contribution >= 4 is 11.3 Å². The molecule has 55 heavy (non-hydrogen) atoms. The van der Waals surface area contributed by atoms with Crippen molar-refractivity contribution in [1.29, 1.82) is 0 Å². The first-order chi connectivity index (χ1) is 26.8. The lowest BCUT2D eigenvalue weighted by molar-refractivity contribution is 0.221. The zero-order valence-electron chi connectivity index (χ0n) is 33.4. The van der Waals surface area contributed by atoms with Crippen LogP contribution in [-0.2, 0) is 0 Å². The van der Waals surface area contributed by atoms with Gasteiger partial charge in [0.05, 0.1) is 18.1 Å². The van der Waals surface area contributed by atoms with Gasteiger partial charge in [0.1, 0.15) is 0 Å². The zero-order valence-corrected chi connectivity index (χ0v) is 33.4. The molecular weight excluding hydrogens is 665 g/mol. The van der Waals surface area contributed by atoms with Crippen molar-refractivity contribution in [1.82, 2.24) is 4.90 Å². The van der Waals surface area contributed by atoms with Gasteiger partial charge in [-0.15, -0.1) is 0 Å². The average molecular weight is 723 g/mol. The molecule has 0 radical (unpaired) electrons. The molecule has 280 valence electrons. The minimum absolute atomic E-state index is 0.0568. The molecule has 0 spiro atoms. The van der Waals surface area contributed by atoms with E-state index in [-0.39, 0.29) is 11.5 Å². The van der Waals surface area contributed by atoms with Gasteiger partial charge in [-0.3, -0.25) is 0 Å². The summed E-state index contributed by atoms with van der Waals surface area (Å²) < 4.78 is 0. The fourth-order valence-corrected chi connectivity index (χ4v) is 11.6. The van der Waals surface area contributed by atoms with Crippen LogP contribution in [0.3, 0.4) is 0 Å². The number of benzene rings is 1. The Hall–Kier alpha value is -4.56. The third-order valence-corrected chi connectivity index (χ3v) is 14.5. The molecule has 0 saturated carbocycles. The summed E-state index contributed by atoms with van der Waals surface area (Å²) in [5, 5.41) is 0. The molecule has 10 rings (SSSR count). The van der Waals surface area contributed by atoms with E-state index < -0.39 is 0 Å². The molecule has 7 atom stereocenters. The number of nitrogens with zero attached hydrogens (tertiary/aromatic N) is 2. The molecule has 0 amide bonds. The maximum Gasteiger partial charge on any atom is 0.0563 e. The molecular formula is C53H58N2. The van der Waals surface area contributed by atoms with E-state index >= 15 is 0 Å². The Morgan fingerprint density at radius 2 is 1.71 bits per heavy atom. The summed E-state index contributed by atoms with van der Waals surface area (Å²) in [6, 6.07) is 11.0. The summed E-state index contributed by atoms with van der Waals surface area (Å²) in [7, 11) is 0. The van der Waals surface area contributed by atoms with Gasteiger partial charge in [0.15, 0.2) is 0 Å². The van der Waals surface area contributed by atoms with E-state index in [1.165, 1.54) is 64.9 Å². The first-order valence-corrected chi connectivity index (χ1v) is 21.6. The Morgan fingerprint density at radius 1 is 0.818 bits per heavy atom. The average Bonchev–Trinajstić information content (AvgIpc) is 3.65. The molecule has 9 aliphatic rings. The molecule has 0 saturated heterocycles. The monoisotopic (exact) mass is 722 g/mol. The van der Waals surface area contributed by atoms with Gasteiger partial charge in [-0.1, -0.05) is 148 Å². The molecule has 2 nitrogen and oxygen atoms in total. The van der Waals surface area contributed by atoms with Crippen LogP contribution in [0, 0.1) is 29.1 Å². The molecule has 0 N–H and O–H groups in total. The first-order valence-electron chi connectivity index (χ1n) is 21.6. The van der Waals surface area contributed by atoms with Gasteiger partial charge in [0.2, 0.25) is 0 Å². The van der Waals surface area contributed by atoms with Crippen molar-refractivity contribution in [2.75, 3.05) is 4.90 Å². The van der Waals surface area contributed by atoms with Gasteiger partial charge in [-0.05, 0) is 121 Å². The summed E-state index contributed by atoms with van der Waals surface area (Å²) in [6.07, 6.45) is 51.5. The van der Waals surface area contributed by atoms with Crippen molar-refractivity contribution in [3.63, 3.8) is 0 Å². The number of allylic oxidation sites excluding steroid dienone is 19. The van der Waals surface area contributed by atoms with Crippen molar-refractivity contribution in [3.8, 4) is 0 Å². The van der Waals surface area contributed by atoms with Gasteiger partial charge < -0.3 is 9.80 Å². The molecule has 1 aliphatic heterocycles. The number of rotatable bonds is 6. The van der Waals surface area contributed by atoms with E-state index in [0.717, 1.165) is 32.1 Å². The summed E-state index contributed by atoms with van der Waals surface area (Å²) in [5.41, 5.74) is 16.5. The van der Waals surface area contributed by atoms with E-state index in [1.54, 1.807) is 22.4 Å². The quantitative estimate of drug-likeness (QED) is 0.270. The summed E-state index contributed by atoms with van der Waals surface area (Å²) in [6.45, 7) is 9.76. The van der Waals surface area contributed by atoms with Crippen LogP contribution in [-0.4, -0.2) is 23.0 Å². The summed E-state index contributed by atoms with van der Waals surface area (Å²) >= 11 is 0. The lowest BCUT2D eigenvalue weighted by Crippen LogP contribution is -2.41. The zero-order chi connectivity index (χ0) is 37.3. The predicted molar refractivity (Wildman–Crippen MR) is 232 cm³/mol. The maximum absolute atomic E-state index is 2.80. The standard InChI is InChI=1S/C53H58N2/c1-35-19-29-44-45-30-28-43(33-50(45)53(3,4)49(44)31-35)54(41-24-20-38(21-25-41)37-13-7-5-8-14-37)42-26-22-39(23-27-42)47-34-48-46-17-11-12-18-51(46)55(52(48)32-36(47)2)40-15-9-6-10-16-40/h5-7,9-10,12-13,15,18-20,22-27,29-30,33-36,38,40,43,46,51H,8,11,14,16-17,21,28,31-32H2,1-4H3. The Bertz CT molecular complexity index is 2170. The topological polar surface area (TPSA) is 6.48 Å². The number of hydrogen-bond donors (Lipinski definition) is 0. The highest BCUT2D eigenvalue weighted by molar-refractivity contribution is 5.75. The Morgan fingerprint density at radius 3 is 2.49 bits per heavy atom. The second-order valence-electron chi connectivity index (χ2n) is 18.2. The van der Waals surface area contributed by atoms with Crippen molar-refractivity contribution in [2.45, 2.75) is 104 Å². The summed E-state index contributed by atoms with van der Waals surface area (Å²) in [5.74, 6) is 2.19.